The van der Waals surface area contributed by atoms with Gasteiger partial charge < -0.3 is 10.4 Å². The summed E-state index contributed by atoms with van der Waals surface area (Å²) in [7, 11) is 0. The van der Waals surface area contributed by atoms with Gasteiger partial charge in [0, 0.05) is 16.9 Å². The van der Waals surface area contributed by atoms with Crippen LogP contribution >= 0.6 is 15.9 Å². The highest BCUT2D eigenvalue weighted by atomic mass is 79.9. The molecule has 1 amide bonds. The van der Waals surface area contributed by atoms with Gasteiger partial charge in [0.25, 0.3) is 5.91 Å². The maximum Gasteiger partial charge on any atom is 0.255 e. The standard InChI is InChI=1S/C12H12BrNO2/c1-3-4-8(2)14-12(16)10-7-9(13)5-6-11(10)15/h1,5-8,15H,4H2,2H3,(H,14,16). The van der Waals surface area contributed by atoms with Crippen molar-refractivity contribution in [3.05, 3.63) is 28.2 Å². The molecule has 4 heteroatoms. The van der Waals surface area contributed by atoms with Gasteiger partial charge in [-0.25, -0.2) is 0 Å². The molecule has 0 bridgehead atoms. The van der Waals surface area contributed by atoms with Crippen LogP contribution in [-0.2, 0) is 0 Å². The molecule has 0 saturated heterocycles. The third-order valence-electron chi connectivity index (χ3n) is 2.00. The van der Waals surface area contributed by atoms with Crippen molar-refractivity contribution in [3.8, 4) is 18.1 Å². The van der Waals surface area contributed by atoms with Gasteiger partial charge >= 0.3 is 0 Å². The summed E-state index contributed by atoms with van der Waals surface area (Å²) in [6, 6.07) is 4.57. The number of carbonyl (C=O) groups is 1. The molecular formula is C12H12BrNO2. The summed E-state index contributed by atoms with van der Waals surface area (Å²) in [5.74, 6) is 2.08. The zero-order valence-corrected chi connectivity index (χ0v) is 10.4. The first-order valence-corrected chi connectivity index (χ1v) is 5.56. The monoisotopic (exact) mass is 281 g/mol. The molecule has 0 aromatic heterocycles. The summed E-state index contributed by atoms with van der Waals surface area (Å²) >= 11 is 3.24. The molecule has 3 nitrogen and oxygen atoms in total. The largest absolute Gasteiger partial charge is 0.507 e. The molecule has 1 aromatic carbocycles. The SMILES string of the molecule is C#CCC(C)NC(=O)c1cc(Br)ccc1O. The van der Waals surface area contributed by atoms with Crippen LogP contribution in [0.25, 0.3) is 0 Å². The molecule has 0 spiro atoms. The summed E-state index contributed by atoms with van der Waals surface area (Å²) in [6.07, 6.45) is 5.60. The summed E-state index contributed by atoms with van der Waals surface area (Å²) in [4.78, 5) is 11.7. The zero-order chi connectivity index (χ0) is 12.1. The van der Waals surface area contributed by atoms with Crippen molar-refractivity contribution < 1.29 is 9.90 Å². The minimum atomic E-state index is -0.332. The average Bonchev–Trinajstić information content (AvgIpc) is 2.21. The van der Waals surface area contributed by atoms with Gasteiger partial charge in [-0.05, 0) is 25.1 Å². The Kier molecular flexibility index (Phi) is 4.39. The Balaban J connectivity index is 2.81. The lowest BCUT2D eigenvalue weighted by molar-refractivity contribution is 0.0938. The van der Waals surface area contributed by atoms with E-state index in [4.69, 9.17) is 6.42 Å². The normalized spacial score (nSPS) is 11.6. The van der Waals surface area contributed by atoms with Crippen LogP contribution < -0.4 is 5.32 Å². The Hall–Kier alpha value is -1.47. The van der Waals surface area contributed by atoms with Crippen LogP contribution in [0, 0.1) is 12.3 Å². The van der Waals surface area contributed by atoms with E-state index in [1.165, 1.54) is 6.07 Å². The van der Waals surface area contributed by atoms with E-state index in [0.29, 0.717) is 6.42 Å². The van der Waals surface area contributed by atoms with Gasteiger partial charge in [0.15, 0.2) is 0 Å². The number of phenols is 1. The van der Waals surface area contributed by atoms with Crippen molar-refractivity contribution in [2.24, 2.45) is 0 Å². The molecule has 0 radical (unpaired) electrons. The van der Waals surface area contributed by atoms with Crippen molar-refractivity contribution in [3.63, 3.8) is 0 Å². The van der Waals surface area contributed by atoms with Crippen molar-refractivity contribution in [1.82, 2.24) is 5.32 Å². The highest BCUT2D eigenvalue weighted by Crippen LogP contribution is 2.21. The number of aromatic hydroxyl groups is 1. The molecule has 1 atom stereocenters. The van der Waals surface area contributed by atoms with Crippen molar-refractivity contribution in [2.75, 3.05) is 0 Å². The van der Waals surface area contributed by atoms with E-state index in [-0.39, 0.29) is 23.3 Å². The fraction of sp³-hybridized carbons (Fsp3) is 0.250. The molecule has 1 unspecified atom stereocenters. The predicted molar refractivity (Wildman–Crippen MR) is 66.2 cm³/mol. The van der Waals surface area contributed by atoms with Crippen LogP contribution in [0.15, 0.2) is 22.7 Å². The smallest absolute Gasteiger partial charge is 0.255 e. The van der Waals surface area contributed by atoms with E-state index in [1.807, 2.05) is 6.92 Å². The van der Waals surface area contributed by atoms with E-state index in [0.717, 1.165) is 4.47 Å². The fourth-order valence-corrected chi connectivity index (χ4v) is 1.58. The third kappa shape index (κ3) is 3.28. The maximum atomic E-state index is 11.7. The number of carbonyl (C=O) groups excluding carboxylic acids is 1. The highest BCUT2D eigenvalue weighted by molar-refractivity contribution is 9.10. The summed E-state index contributed by atoms with van der Waals surface area (Å²) in [6.45, 7) is 1.81. The number of benzene rings is 1. The number of terminal acetylenes is 1. The second-order valence-electron chi connectivity index (χ2n) is 3.44. The van der Waals surface area contributed by atoms with Crippen LogP contribution in [0.5, 0.6) is 5.75 Å². The van der Waals surface area contributed by atoms with E-state index in [1.54, 1.807) is 12.1 Å². The molecule has 0 heterocycles. The first-order chi connectivity index (χ1) is 7.54. The predicted octanol–water partition coefficient (Wildman–Crippen LogP) is 2.30. The maximum absolute atomic E-state index is 11.7. The molecule has 0 aliphatic heterocycles. The topological polar surface area (TPSA) is 49.3 Å². The number of hydrogen-bond donors (Lipinski definition) is 2. The molecule has 1 aromatic rings. The number of phenolic OH excluding ortho intramolecular Hbond substituents is 1. The van der Waals surface area contributed by atoms with Gasteiger partial charge in [-0.1, -0.05) is 15.9 Å². The van der Waals surface area contributed by atoms with Gasteiger partial charge in [0.2, 0.25) is 0 Å². The van der Waals surface area contributed by atoms with Gasteiger partial charge in [-0.15, -0.1) is 12.3 Å². The lowest BCUT2D eigenvalue weighted by Crippen LogP contribution is -2.32. The third-order valence-corrected chi connectivity index (χ3v) is 2.50. The van der Waals surface area contributed by atoms with E-state index in [9.17, 15) is 9.90 Å². The molecule has 16 heavy (non-hydrogen) atoms. The molecule has 1 rings (SSSR count). The van der Waals surface area contributed by atoms with Crippen molar-refractivity contribution in [2.45, 2.75) is 19.4 Å². The Morgan fingerprint density at radius 2 is 2.38 bits per heavy atom. The second kappa shape index (κ2) is 5.57. The molecule has 2 N–H and O–H groups in total. The molecular weight excluding hydrogens is 270 g/mol. The summed E-state index contributed by atoms with van der Waals surface area (Å²) in [5, 5.41) is 12.2. The van der Waals surface area contributed by atoms with Crippen molar-refractivity contribution in [1.29, 1.82) is 0 Å². The van der Waals surface area contributed by atoms with Crippen LogP contribution in [-0.4, -0.2) is 17.1 Å². The fourth-order valence-electron chi connectivity index (χ4n) is 1.22. The number of halogens is 1. The molecule has 0 aliphatic carbocycles. The summed E-state index contributed by atoms with van der Waals surface area (Å²) < 4.78 is 0.736. The van der Waals surface area contributed by atoms with Crippen LogP contribution in [0.4, 0.5) is 0 Å². The Bertz CT molecular complexity index is 437. The van der Waals surface area contributed by atoms with E-state index >= 15 is 0 Å². The first-order valence-electron chi connectivity index (χ1n) is 4.77. The number of amides is 1. The molecule has 0 saturated carbocycles. The summed E-state index contributed by atoms with van der Waals surface area (Å²) in [5.41, 5.74) is 0.234. The average molecular weight is 282 g/mol. The second-order valence-corrected chi connectivity index (χ2v) is 4.36. The number of nitrogens with one attached hydrogen (secondary N) is 1. The Morgan fingerprint density at radius 1 is 1.69 bits per heavy atom. The Labute approximate surface area is 103 Å². The van der Waals surface area contributed by atoms with Gasteiger partial charge in [0.05, 0.1) is 5.56 Å². The lowest BCUT2D eigenvalue weighted by atomic mass is 10.1. The Morgan fingerprint density at radius 3 is 3.00 bits per heavy atom. The molecule has 0 fully saturated rings. The van der Waals surface area contributed by atoms with E-state index in [2.05, 4.69) is 27.2 Å². The minimum absolute atomic E-state index is 0.0476. The lowest BCUT2D eigenvalue weighted by Gasteiger charge is -2.11. The number of hydrogen-bond acceptors (Lipinski definition) is 2. The zero-order valence-electron chi connectivity index (χ0n) is 8.83. The van der Waals surface area contributed by atoms with Crippen LogP contribution in [0.3, 0.4) is 0 Å². The van der Waals surface area contributed by atoms with Gasteiger partial charge in [0.1, 0.15) is 5.75 Å². The van der Waals surface area contributed by atoms with Gasteiger partial charge in [-0.3, -0.25) is 4.79 Å². The van der Waals surface area contributed by atoms with Crippen molar-refractivity contribution >= 4 is 21.8 Å². The quantitative estimate of drug-likeness (QED) is 0.836. The van der Waals surface area contributed by atoms with Crippen LogP contribution in [0.1, 0.15) is 23.7 Å². The number of rotatable bonds is 3. The van der Waals surface area contributed by atoms with Gasteiger partial charge in [-0.2, -0.15) is 0 Å². The molecule has 84 valence electrons. The van der Waals surface area contributed by atoms with Crippen LogP contribution in [0.2, 0.25) is 0 Å². The first kappa shape index (κ1) is 12.6. The molecule has 0 aliphatic rings. The highest BCUT2D eigenvalue weighted by Gasteiger charge is 2.13. The minimum Gasteiger partial charge on any atom is -0.507 e. The van der Waals surface area contributed by atoms with E-state index < -0.39 is 0 Å².